The molecule has 0 atom stereocenters. The first-order valence-corrected chi connectivity index (χ1v) is 5.63. The molecule has 13 nitrogen and oxygen atoms in total. The second-order valence-electron chi connectivity index (χ2n) is 2.46. The van der Waals surface area contributed by atoms with E-state index in [0.717, 1.165) is 12.8 Å². The summed E-state index contributed by atoms with van der Waals surface area (Å²) in [5, 5.41) is 8.16. The van der Waals surface area contributed by atoms with Gasteiger partial charge in [0.15, 0.2) is 0 Å². The number of hydrogen-bond donors (Lipinski definition) is 3. The van der Waals surface area contributed by atoms with E-state index in [1.807, 2.05) is 0 Å². The molecule has 150 valence electrons. The number of unbranched alkanes of at least 4 members (excludes halogenated alkanes) is 2. The first kappa shape index (κ1) is 73.2. The van der Waals surface area contributed by atoms with Gasteiger partial charge < -0.3 is 46.3 Å². The van der Waals surface area contributed by atoms with Crippen LogP contribution >= 0.6 is 11.6 Å². The SMILES string of the molecule is O.O.O.O.O.O.O.O=C(O)C(=O)CCCCCCl.O=S(O)O.[H-].[H-].[Na+].[Na+]. The number of Topliss-reactive ketones (excluding diaryl/α,β-unsaturated/α-hetero) is 1. The second kappa shape index (κ2) is 56.4. The van der Waals surface area contributed by atoms with Crippen molar-refractivity contribution in [2.75, 3.05) is 5.88 Å². The van der Waals surface area contributed by atoms with E-state index in [9.17, 15) is 9.59 Å². The van der Waals surface area contributed by atoms with Crippen molar-refractivity contribution in [1.29, 1.82) is 0 Å². The zero-order chi connectivity index (χ0) is 12.3. The van der Waals surface area contributed by atoms with Crippen molar-refractivity contribution in [2.24, 2.45) is 0 Å². The van der Waals surface area contributed by atoms with Gasteiger partial charge in [-0.2, -0.15) is 4.21 Å². The van der Waals surface area contributed by atoms with Gasteiger partial charge in [-0.05, 0) is 12.8 Å². The molecule has 0 saturated carbocycles. The quantitative estimate of drug-likeness (QED) is 0.119. The zero-order valence-electron chi connectivity index (χ0n) is 15.4. The van der Waals surface area contributed by atoms with E-state index < -0.39 is 23.1 Å². The Hall–Kier alpha value is 1.22. The van der Waals surface area contributed by atoms with Crippen LogP contribution in [0, 0.1) is 0 Å². The monoisotopic (exact) mass is 434 g/mol. The third-order valence-electron chi connectivity index (χ3n) is 1.28. The summed E-state index contributed by atoms with van der Waals surface area (Å²) in [6.07, 6.45) is 2.42. The predicted molar refractivity (Wildman–Crippen MR) is 82.8 cm³/mol. The molecule has 0 heterocycles. The van der Waals surface area contributed by atoms with Gasteiger partial charge in [0.05, 0.1) is 0 Å². The number of hydrogen-bond acceptors (Lipinski definition) is 3. The van der Waals surface area contributed by atoms with Crippen molar-refractivity contribution in [3.8, 4) is 0 Å². The normalized spacial score (nSPS) is 5.83. The molecule has 0 spiro atoms. The largest absolute Gasteiger partial charge is 1.00 e. The van der Waals surface area contributed by atoms with E-state index in [4.69, 9.17) is 30.0 Å². The van der Waals surface area contributed by atoms with Gasteiger partial charge in [-0.3, -0.25) is 13.9 Å². The maximum absolute atomic E-state index is 10.5. The van der Waals surface area contributed by atoms with E-state index >= 15 is 0 Å². The minimum absolute atomic E-state index is 0. The summed E-state index contributed by atoms with van der Waals surface area (Å²) in [4.78, 5) is 20.5. The molecule has 0 aliphatic rings. The van der Waals surface area contributed by atoms with Gasteiger partial charge in [0.1, 0.15) is 0 Å². The zero-order valence-corrected chi connectivity index (χ0v) is 19.0. The summed E-state index contributed by atoms with van der Waals surface area (Å²) in [5.74, 6) is -1.48. The molecule has 24 heavy (non-hydrogen) atoms. The Morgan fingerprint density at radius 2 is 1.12 bits per heavy atom. The first-order valence-electron chi connectivity index (χ1n) is 4.03. The maximum atomic E-state index is 10.5. The Morgan fingerprint density at radius 3 is 1.33 bits per heavy atom. The topological polar surface area (TPSA) is 332 Å². The van der Waals surface area contributed by atoms with Crippen molar-refractivity contribution >= 4 is 34.7 Å². The molecule has 0 aliphatic carbocycles. The third kappa shape index (κ3) is 91.1. The Bertz CT molecular complexity index is 243. The van der Waals surface area contributed by atoms with Crippen molar-refractivity contribution in [3.63, 3.8) is 0 Å². The molecule has 0 aromatic rings. The Morgan fingerprint density at radius 1 is 0.833 bits per heavy atom. The fraction of sp³-hybridized carbons (Fsp3) is 0.714. The summed E-state index contributed by atoms with van der Waals surface area (Å²) in [7, 11) is 0. The number of carboxylic acids is 1. The van der Waals surface area contributed by atoms with Crippen LogP contribution in [0.1, 0.15) is 28.5 Å². The van der Waals surface area contributed by atoms with Crippen LogP contribution < -0.4 is 59.1 Å². The standard InChI is InChI=1S/C7H11ClO3.2Na.H2O3S.7H2O.2H/c8-5-3-1-2-4-6(9)7(10)11;;;1-4(2)3;;;;;;;;;/h1-5H2,(H,10,11);;;(H2,1,2,3);7*1H2;;/q;2*+1;;;;;;;;;2*-1. The summed E-state index contributed by atoms with van der Waals surface area (Å²) < 4.78 is 22.8. The molecule has 0 fully saturated rings. The molecule has 0 aromatic heterocycles. The van der Waals surface area contributed by atoms with Gasteiger partial charge in [-0.15, -0.1) is 11.6 Å². The van der Waals surface area contributed by atoms with Crippen LogP contribution in [-0.2, 0) is 21.0 Å². The summed E-state index contributed by atoms with van der Waals surface area (Å²) >= 11 is 2.77. The van der Waals surface area contributed by atoms with Crippen LogP contribution in [0.25, 0.3) is 0 Å². The Labute approximate surface area is 193 Å². The number of ketones is 1. The van der Waals surface area contributed by atoms with Crippen molar-refractivity contribution in [3.05, 3.63) is 0 Å². The number of halogens is 1. The van der Waals surface area contributed by atoms with Crippen LogP contribution in [0.15, 0.2) is 0 Å². The van der Waals surface area contributed by atoms with E-state index in [1.165, 1.54) is 0 Å². The van der Waals surface area contributed by atoms with Crippen molar-refractivity contribution in [1.82, 2.24) is 0 Å². The maximum Gasteiger partial charge on any atom is 1.00 e. The molecule has 0 aliphatic heterocycles. The second-order valence-corrected chi connectivity index (χ2v) is 3.30. The van der Waals surface area contributed by atoms with E-state index in [2.05, 4.69) is 0 Å². The fourth-order valence-corrected chi connectivity index (χ4v) is 0.853. The molecule has 0 bridgehead atoms. The van der Waals surface area contributed by atoms with Gasteiger partial charge in [-0.25, -0.2) is 4.79 Å². The number of alkyl halides is 1. The number of carbonyl (C=O) groups excluding carboxylic acids is 1. The smallest absolute Gasteiger partial charge is 1.00 e. The fourth-order valence-electron chi connectivity index (χ4n) is 0.664. The van der Waals surface area contributed by atoms with Crippen LogP contribution in [-0.4, -0.2) is 74.4 Å². The van der Waals surface area contributed by atoms with E-state index in [-0.39, 0.29) is 107 Å². The van der Waals surface area contributed by atoms with Gasteiger partial charge in [0.25, 0.3) is 11.4 Å². The van der Waals surface area contributed by atoms with Crippen molar-refractivity contribution in [2.45, 2.75) is 25.7 Å². The van der Waals surface area contributed by atoms with Gasteiger partial charge in [0, 0.05) is 12.3 Å². The van der Waals surface area contributed by atoms with Crippen LogP contribution in [0.2, 0.25) is 0 Å². The Balaban J connectivity index is -0.00000000949. The molecule has 0 amide bonds. The molecule has 0 rings (SSSR count). The molecular formula is C7H29ClNa2O13S. The molecule has 17 heteroatoms. The average Bonchev–Trinajstić information content (AvgIpc) is 2.11. The first-order chi connectivity index (χ1) is 6.91. The number of aliphatic carboxylic acids is 1. The summed E-state index contributed by atoms with van der Waals surface area (Å²) in [6, 6.07) is 0. The van der Waals surface area contributed by atoms with Gasteiger partial charge in [-0.1, -0.05) is 6.42 Å². The minimum Gasteiger partial charge on any atom is -1.00 e. The number of carbonyl (C=O) groups is 2. The Kier molecular flexibility index (Phi) is 172. The third-order valence-corrected chi connectivity index (χ3v) is 1.54. The minimum atomic E-state index is -2.61. The van der Waals surface area contributed by atoms with Crippen LogP contribution in [0.5, 0.6) is 0 Å². The molecule has 0 saturated heterocycles. The molecule has 17 N–H and O–H groups in total. The summed E-state index contributed by atoms with van der Waals surface area (Å²) in [6.45, 7) is 0. The summed E-state index contributed by atoms with van der Waals surface area (Å²) in [5.41, 5.74) is 0. The van der Waals surface area contributed by atoms with Gasteiger partial charge >= 0.3 is 65.1 Å². The molecule has 0 aromatic carbocycles. The van der Waals surface area contributed by atoms with E-state index in [1.54, 1.807) is 0 Å². The van der Waals surface area contributed by atoms with Crippen LogP contribution in [0.3, 0.4) is 0 Å². The van der Waals surface area contributed by atoms with Crippen LogP contribution in [0.4, 0.5) is 0 Å². The van der Waals surface area contributed by atoms with E-state index in [0.29, 0.717) is 12.3 Å². The average molecular weight is 435 g/mol. The number of carboxylic acid groups (broad SMARTS) is 1. The predicted octanol–water partition coefficient (Wildman–Crippen LogP) is -10.4. The van der Waals surface area contributed by atoms with Crippen molar-refractivity contribution < 1.29 is 128 Å². The number of rotatable bonds is 6. The molecule has 0 radical (unpaired) electrons. The molecular weight excluding hydrogens is 406 g/mol. The molecule has 0 unspecified atom stereocenters. The van der Waals surface area contributed by atoms with Gasteiger partial charge in [0.2, 0.25) is 5.78 Å².